The Labute approximate surface area is 172 Å². The van der Waals surface area contributed by atoms with Crippen molar-refractivity contribution in [2.75, 3.05) is 18.4 Å². The predicted molar refractivity (Wildman–Crippen MR) is 111 cm³/mol. The third kappa shape index (κ3) is 4.10. The Balaban J connectivity index is 1.69. The molecule has 0 saturated carbocycles. The molecular weight excluding hydrogens is 391 g/mol. The van der Waals surface area contributed by atoms with E-state index in [0.717, 1.165) is 43.5 Å². The van der Waals surface area contributed by atoms with Gasteiger partial charge in [-0.3, -0.25) is 4.79 Å². The van der Waals surface area contributed by atoms with Gasteiger partial charge < -0.3 is 10.2 Å². The number of hydrogen-bond donors (Lipinski definition) is 1. The third-order valence-electron chi connectivity index (χ3n) is 5.42. The van der Waals surface area contributed by atoms with Gasteiger partial charge in [-0.25, -0.2) is 4.98 Å². The number of carbonyl (C=O) groups is 1. The van der Waals surface area contributed by atoms with Gasteiger partial charge in [-0.15, -0.1) is 0 Å². The minimum absolute atomic E-state index is 0.0594. The zero-order valence-corrected chi connectivity index (χ0v) is 16.5. The van der Waals surface area contributed by atoms with Crippen LogP contribution in [0.1, 0.15) is 35.7 Å². The van der Waals surface area contributed by atoms with Crippen LogP contribution in [0, 0.1) is 5.92 Å². The van der Waals surface area contributed by atoms with Crippen molar-refractivity contribution in [2.24, 2.45) is 5.92 Å². The molecule has 1 saturated heterocycles. The average Bonchev–Trinajstić information content (AvgIpc) is 2.73. The van der Waals surface area contributed by atoms with Gasteiger partial charge in [0.1, 0.15) is 5.82 Å². The number of halogens is 3. The monoisotopic (exact) mass is 413 g/mol. The number of aromatic nitrogens is 1. The maximum Gasteiger partial charge on any atom is 0.416 e. The lowest BCUT2D eigenvalue weighted by molar-refractivity contribution is -0.137. The third-order valence-corrected chi connectivity index (χ3v) is 5.42. The minimum atomic E-state index is -4.42. The lowest BCUT2D eigenvalue weighted by Gasteiger charge is -2.31. The summed E-state index contributed by atoms with van der Waals surface area (Å²) in [4.78, 5) is 19.4. The average molecular weight is 413 g/mol. The first kappa shape index (κ1) is 20.2. The molecule has 1 aliphatic heterocycles. The molecule has 4 rings (SSSR count). The van der Waals surface area contributed by atoms with E-state index in [2.05, 4.69) is 17.2 Å². The normalized spacial score (nSPS) is 17.2. The zero-order chi connectivity index (χ0) is 21.3. The van der Waals surface area contributed by atoms with Crippen molar-refractivity contribution in [3.8, 4) is 0 Å². The summed E-state index contributed by atoms with van der Waals surface area (Å²) in [7, 11) is 0. The fraction of sp³-hybridized carbons (Fsp3) is 0.304. The van der Waals surface area contributed by atoms with Crippen LogP contribution in [0.2, 0.25) is 0 Å². The van der Waals surface area contributed by atoms with Gasteiger partial charge in [-0.05, 0) is 42.3 Å². The Bertz CT molecular complexity index is 1080. The second kappa shape index (κ2) is 7.97. The summed E-state index contributed by atoms with van der Waals surface area (Å²) < 4.78 is 39.1. The Morgan fingerprint density at radius 2 is 1.90 bits per heavy atom. The Morgan fingerprint density at radius 1 is 1.13 bits per heavy atom. The number of carbonyl (C=O) groups excluding carboxylic acids is 1. The number of fused-ring (bicyclic) bond motifs is 1. The first-order valence-corrected chi connectivity index (χ1v) is 9.94. The van der Waals surface area contributed by atoms with Gasteiger partial charge in [0.05, 0.1) is 11.1 Å². The lowest BCUT2D eigenvalue weighted by atomic mass is 9.98. The van der Waals surface area contributed by atoms with E-state index in [0.29, 0.717) is 22.7 Å². The van der Waals surface area contributed by atoms with E-state index in [1.807, 2.05) is 29.2 Å². The predicted octanol–water partition coefficient (Wildman–Crippen LogP) is 5.87. The molecule has 7 heteroatoms. The second-order valence-electron chi connectivity index (χ2n) is 7.77. The molecule has 0 spiro atoms. The number of likely N-dealkylation sites (tertiary alicyclic amines) is 1. The summed E-state index contributed by atoms with van der Waals surface area (Å²) in [6.45, 7) is 3.58. The highest BCUT2D eigenvalue weighted by atomic mass is 19.4. The molecule has 30 heavy (non-hydrogen) atoms. The summed E-state index contributed by atoms with van der Waals surface area (Å²) in [5, 5.41) is 4.39. The smallest absolute Gasteiger partial charge is 0.340 e. The summed E-state index contributed by atoms with van der Waals surface area (Å²) in [6, 6.07) is 12.3. The molecule has 0 radical (unpaired) electrons. The number of benzene rings is 2. The van der Waals surface area contributed by atoms with Gasteiger partial charge in [0.15, 0.2) is 0 Å². The van der Waals surface area contributed by atoms with Gasteiger partial charge >= 0.3 is 6.18 Å². The van der Waals surface area contributed by atoms with Crippen LogP contribution in [0.25, 0.3) is 10.8 Å². The molecule has 3 aromatic rings. The van der Waals surface area contributed by atoms with Crippen molar-refractivity contribution in [2.45, 2.75) is 25.9 Å². The highest BCUT2D eigenvalue weighted by Gasteiger charge is 2.30. The highest BCUT2D eigenvalue weighted by Crippen LogP contribution is 2.33. The van der Waals surface area contributed by atoms with Crippen molar-refractivity contribution >= 4 is 28.2 Å². The summed E-state index contributed by atoms with van der Waals surface area (Å²) in [6.07, 6.45) is -0.814. The number of amides is 1. The second-order valence-corrected chi connectivity index (χ2v) is 7.77. The van der Waals surface area contributed by atoms with Crippen LogP contribution < -0.4 is 5.32 Å². The number of rotatable bonds is 3. The van der Waals surface area contributed by atoms with Gasteiger partial charge in [0.25, 0.3) is 5.91 Å². The van der Waals surface area contributed by atoms with Gasteiger partial charge in [0, 0.05) is 30.4 Å². The first-order valence-electron chi connectivity index (χ1n) is 9.94. The number of pyridine rings is 1. The van der Waals surface area contributed by atoms with E-state index in [9.17, 15) is 18.0 Å². The number of nitrogens with one attached hydrogen (secondary N) is 1. The van der Waals surface area contributed by atoms with E-state index in [1.54, 1.807) is 6.07 Å². The van der Waals surface area contributed by atoms with Crippen LogP contribution in [0.5, 0.6) is 0 Å². The topological polar surface area (TPSA) is 45.2 Å². The summed E-state index contributed by atoms with van der Waals surface area (Å²) in [5.41, 5.74) is 0.0588. The maximum atomic E-state index is 13.1. The number of anilines is 2. The van der Waals surface area contributed by atoms with Crippen LogP contribution in [0.3, 0.4) is 0 Å². The Hall–Kier alpha value is -3.09. The van der Waals surface area contributed by atoms with E-state index in [4.69, 9.17) is 0 Å². The number of hydrogen-bond acceptors (Lipinski definition) is 3. The van der Waals surface area contributed by atoms with Crippen molar-refractivity contribution in [3.63, 3.8) is 0 Å². The quantitative estimate of drug-likeness (QED) is 0.584. The molecule has 2 aromatic carbocycles. The first-order chi connectivity index (χ1) is 14.3. The van der Waals surface area contributed by atoms with Crippen LogP contribution in [-0.2, 0) is 6.18 Å². The fourth-order valence-electron chi connectivity index (χ4n) is 3.92. The molecule has 0 aliphatic carbocycles. The highest BCUT2D eigenvalue weighted by molar-refractivity contribution is 6.09. The van der Waals surface area contributed by atoms with Gasteiger partial charge in [0.2, 0.25) is 0 Å². The zero-order valence-electron chi connectivity index (χ0n) is 16.5. The van der Waals surface area contributed by atoms with Gasteiger partial charge in [-0.1, -0.05) is 37.3 Å². The van der Waals surface area contributed by atoms with Crippen molar-refractivity contribution in [3.05, 3.63) is 65.9 Å². The molecule has 0 bridgehead atoms. The maximum absolute atomic E-state index is 13.1. The number of piperidine rings is 1. The Kier molecular flexibility index (Phi) is 5.37. The van der Waals surface area contributed by atoms with Crippen LogP contribution >= 0.6 is 0 Å². The molecule has 1 unspecified atom stereocenters. The largest absolute Gasteiger partial charge is 0.416 e. The minimum Gasteiger partial charge on any atom is -0.340 e. The standard InChI is InChI=1S/C23H22F3N3O/c1-15-6-5-11-29(14-15)22(30)20-13-27-21(19-10-3-2-9-18(19)20)28-17-8-4-7-16(12-17)23(24,25)26/h2-4,7-10,12-13,15H,5-6,11,14H2,1H3,(H,27,28). The molecule has 4 nitrogen and oxygen atoms in total. The van der Waals surface area contributed by atoms with E-state index in [1.165, 1.54) is 12.3 Å². The van der Waals surface area contributed by atoms with Crippen LogP contribution in [0.15, 0.2) is 54.7 Å². The lowest BCUT2D eigenvalue weighted by Crippen LogP contribution is -2.39. The summed E-state index contributed by atoms with van der Waals surface area (Å²) in [5.74, 6) is 0.813. The molecule has 1 N–H and O–H groups in total. The molecule has 1 aliphatic rings. The van der Waals surface area contributed by atoms with E-state index in [-0.39, 0.29) is 11.6 Å². The molecule has 1 amide bonds. The van der Waals surface area contributed by atoms with Crippen LogP contribution in [0.4, 0.5) is 24.7 Å². The van der Waals surface area contributed by atoms with Gasteiger partial charge in [-0.2, -0.15) is 13.2 Å². The molecule has 156 valence electrons. The van der Waals surface area contributed by atoms with Crippen LogP contribution in [-0.4, -0.2) is 28.9 Å². The molecule has 1 fully saturated rings. The Morgan fingerprint density at radius 3 is 2.63 bits per heavy atom. The van der Waals surface area contributed by atoms with E-state index < -0.39 is 11.7 Å². The number of alkyl halides is 3. The molecule has 2 heterocycles. The fourth-order valence-corrected chi connectivity index (χ4v) is 3.92. The van der Waals surface area contributed by atoms with Crippen molar-refractivity contribution < 1.29 is 18.0 Å². The molecule has 1 aromatic heterocycles. The number of nitrogens with zero attached hydrogens (tertiary/aromatic N) is 2. The SMILES string of the molecule is CC1CCCN(C(=O)c2cnc(Nc3cccc(C(F)(F)F)c3)c3ccccc23)C1. The van der Waals surface area contributed by atoms with Crippen molar-refractivity contribution in [1.82, 2.24) is 9.88 Å². The molecule has 1 atom stereocenters. The summed E-state index contributed by atoms with van der Waals surface area (Å²) >= 11 is 0. The van der Waals surface area contributed by atoms with E-state index >= 15 is 0 Å². The molecular formula is C23H22F3N3O. The van der Waals surface area contributed by atoms with Crippen molar-refractivity contribution in [1.29, 1.82) is 0 Å².